The molecule has 0 fully saturated rings. The number of fused-ring (bicyclic) bond motifs is 1. The highest BCUT2D eigenvalue weighted by Crippen LogP contribution is 2.38. The molecule has 31 heavy (non-hydrogen) atoms. The Bertz CT molecular complexity index is 1570. The van der Waals surface area contributed by atoms with Crippen LogP contribution in [0, 0.1) is 6.57 Å². The van der Waals surface area contributed by atoms with Crippen molar-refractivity contribution in [2.24, 2.45) is 0 Å². The maximum absolute atomic E-state index is 12.8. The normalized spacial score (nSPS) is 11.4. The summed E-state index contributed by atoms with van der Waals surface area (Å²) in [6.07, 6.45) is 1.14. The number of rotatable bonds is 3. The van der Waals surface area contributed by atoms with E-state index in [0.29, 0.717) is 27.6 Å². The fourth-order valence-corrected chi connectivity index (χ4v) is 4.27. The largest absolute Gasteiger partial charge is 0.506 e. The summed E-state index contributed by atoms with van der Waals surface area (Å²) in [7, 11) is -3.37. The predicted molar refractivity (Wildman–Crippen MR) is 121 cm³/mol. The second-order valence-electron chi connectivity index (χ2n) is 7.02. The van der Waals surface area contributed by atoms with Gasteiger partial charge in [-0.1, -0.05) is 41.9 Å². The van der Waals surface area contributed by atoms with Gasteiger partial charge in [-0.3, -0.25) is 4.79 Å². The number of nitrogens with one attached hydrogen (secondary N) is 1. The summed E-state index contributed by atoms with van der Waals surface area (Å²) in [5.41, 5.74) is 1.80. The standard InChI is InChI=1S/C23H15ClN2O4S/c1-25-20-11-17-19(12-18(20)24)26-23(28)21(22(17)27)15-7-3-5-13(9-15)14-6-4-8-16(10-14)31(2,29)30/h3-12H,2H3,(H2,26,27,28). The van der Waals surface area contributed by atoms with E-state index in [1.807, 2.05) is 0 Å². The molecule has 0 unspecified atom stereocenters. The average molecular weight is 451 g/mol. The lowest BCUT2D eigenvalue weighted by Gasteiger charge is -2.11. The minimum Gasteiger partial charge on any atom is -0.506 e. The topological polar surface area (TPSA) is 91.6 Å². The number of benzene rings is 3. The van der Waals surface area contributed by atoms with Crippen molar-refractivity contribution in [2.45, 2.75) is 4.90 Å². The highest BCUT2D eigenvalue weighted by atomic mass is 35.5. The van der Waals surface area contributed by atoms with Gasteiger partial charge >= 0.3 is 0 Å². The first kappa shape index (κ1) is 20.7. The van der Waals surface area contributed by atoms with Gasteiger partial charge in [0.25, 0.3) is 5.56 Å². The van der Waals surface area contributed by atoms with Crippen LogP contribution in [0.4, 0.5) is 5.69 Å². The Kier molecular flexibility index (Phi) is 5.05. The third-order valence-electron chi connectivity index (χ3n) is 4.92. The molecule has 0 amide bonds. The fourth-order valence-electron chi connectivity index (χ4n) is 3.40. The van der Waals surface area contributed by atoms with Gasteiger partial charge in [0.1, 0.15) is 5.75 Å². The van der Waals surface area contributed by atoms with E-state index in [-0.39, 0.29) is 26.9 Å². The van der Waals surface area contributed by atoms with Crippen LogP contribution in [0.2, 0.25) is 5.02 Å². The van der Waals surface area contributed by atoms with Gasteiger partial charge in [-0.15, -0.1) is 0 Å². The van der Waals surface area contributed by atoms with Crippen LogP contribution in [-0.2, 0) is 9.84 Å². The number of pyridine rings is 1. The molecule has 0 radical (unpaired) electrons. The zero-order chi connectivity index (χ0) is 22.3. The lowest BCUT2D eigenvalue weighted by molar-refractivity contribution is 0.482. The summed E-state index contributed by atoms with van der Waals surface area (Å²) in [5.74, 6) is -0.262. The first-order chi connectivity index (χ1) is 14.7. The van der Waals surface area contributed by atoms with Gasteiger partial charge in [0, 0.05) is 16.7 Å². The monoisotopic (exact) mass is 450 g/mol. The van der Waals surface area contributed by atoms with Crippen LogP contribution >= 0.6 is 11.6 Å². The van der Waals surface area contributed by atoms with Crippen molar-refractivity contribution >= 4 is 38.0 Å². The van der Waals surface area contributed by atoms with E-state index in [4.69, 9.17) is 18.2 Å². The van der Waals surface area contributed by atoms with Crippen molar-refractivity contribution in [3.63, 3.8) is 0 Å². The number of aromatic hydroxyl groups is 1. The fraction of sp³-hybridized carbons (Fsp3) is 0.0435. The van der Waals surface area contributed by atoms with Crippen LogP contribution in [0.15, 0.2) is 70.4 Å². The Labute approximate surface area is 183 Å². The molecule has 1 heterocycles. The van der Waals surface area contributed by atoms with E-state index in [2.05, 4.69) is 9.83 Å². The molecule has 4 aromatic rings. The van der Waals surface area contributed by atoms with Crippen LogP contribution in [0.1, 0.15) is 0 Å². The molecule has 154 valence electrons. The summed E-state index contributed by atoms with van der Waals surface area (Å²) in [5, 5.41) is 11.3. The summed E-state index contributed by atoms with van der Waals surface area (Å²) < 4.78 is 23.8. The molecule has 0 saturated carbocycles. The van der Waals surface area contributed by atoms with Crippen LogP contribution in [0.5, 0.6) is 5.75 Å². The number of sulfone groups is 1. The minimum absolute atomic E-state index is 0.0480. The van der Waals surface area contributed by atoms with Gasteiger partial charge in [-0.25, -0.2) is 13.3 Å². The zero-order valence-electron chi connectivity index (χ0n) is 16.2. The first-order valence-corrected chi connectivity index (χ1v) is 11.3. The van der Waals surface area contributed by atoms with Gasteiger partial charge in [0.05, 0.1) is 22.5 Å². The van der Waals surface area contributed by atoms with E-state index in [1.54, 1.807) is 42.5 Å². The van der Waals surface area contributed by atoms with E-state index in [9.17, 15) is 18.3 Å². The molecule has 4 rings (SSSR count). The average Bonchev–Trinajstić information content (AvgIpc) is 2.73. The van der Waals surface area contributed by atoms with Crippen LogP contribution in [-0.4, -0.2) is 24.8 Å². The van der Waals surface area contributed by atoms with E-state index < -0.39 is 15.4 Å². The molecule has 3 aromatic carbocycles. The minimum atomic E-state index is -3.37. The lowest BCUT2D eigenvalue weighted by Crippen LogP contribution is -2.09. The molecular formula is C23H15ClN2O4S. The van der Waals surface area contributed by atoms with Gasteiger partial charge < -0.3 is 10.1 Å². The molecule has 2 N–H and O–H groups in total. The predicted octanol–water partition coefficient (Wildman–Crippen LogP) is 5.18. The number of halogens is 1. The number of aromatic nitrogens is 1. The third kappa shape index (κ3) is 3.79. The van der Waals surface area contributed by atoms with Gasteiger partial charge in [0.15, 0.2) is 9.84 Å². The van der Waals surface area contributed by atoms with Crippen molar-refractivity contribution in [2.75, 3.05) is 6.26 Å². The van der Waals surface area contributed by atoms with Crippen molar-refractivity contribution in [3.8, 4) is 28.0 Å². The highest BCUT2D eigenvalue weighted by Gasteiger charge is 2.17. The van der Waals surface area contributed by atoms with Crippen LogP contribution in [0.3, 0.4) is 0 Å². The summed E-state index contributed by atoms with van der Waals surface area (Å²) >= 11 is 6.04. The molecule has 8 heteroatoms. The molecule has 0 aliphatic heterocycles. The van der Waals surface area contributed by atoms with E-state index in [0.717, 1.165) is 6.26 Å². The van der Waals surface area contributed by atoms with Crippen LogP contribution in [0.25, 0.3) is 38.0 Å². The molecule has 0 spiro atoms. The Balaban J connectivity index is 1.92. The zero-order valence-corrected chi connectivity index (χ0v) is 17.8. The number of nitrogens with zero attached hydrogens (tertiary/aromatic N) is 1. The van der Waals surface area contributed by atoms with Crippen molar-refractivity contribution in [1.82, 2.24) is 4.98 Å². The second-order valence-corrected chi connectivity index (χ2v) is 9.44. The highest BCUT2D eigenvalue weighted by molar-refractivity contribution is 7.90. The molecular weight excluding hydrogens is 436 g/mol. The van der Waals surface area contributed by atoms with E-state index >= 15 is 0 Å². The Morgan fingerprint density at radius 2 is 1.65 bits per heavy atom. The SMILES string of the molecule is [C-]#[N+]c1cc2c(O)c(-c3cccc(-c4cccc(S(C)(=O)=O)c4)c3)c(=O)[nH]c2cc1Cl. The Morgan fingerprint density at radius 1 is 1.00 bits per heavy atom. The molecule has 0 aliphatic carbocycles. The Morgan fingerprint density at radius 3 is 2.32 bits per heavy atom. The molecule has 0 atom stereocenters. The maximum Gasteiger partial charge on any atom is 0.260 e. The first-order valence-electron chi connectivity index (χ1n) is 9.06. The van der Waals surface area contributed by atoms with Gasteiger partial charge in [-0.2, -0.15) is 0 Å². The summed E-state index contributed by atoms with van der Waals surface area (Å²) in [6.45, 7) is 7.22. The second kappa shape index (κ2) is 7.58. The number of hydrogen-bond donors (Lipinski definition) is 2. The summed E-state index contributed by atoms with van der Waals surface area (Å²) in [6, 6.07) is 16.2. The number of hydrogen-bond acceptors (Lipinski definition) is 4. The van der Waals surface area contributed by atoms with Gasteiger partial charge in [-0.05, 0) is 47.0 Å². The van der Waals surface area contributed by atoms with Crippen LogP contribution < -0.4 is 5.56 Å². The maximum atomic E-state index is 12.8. The van der Waals surface area contributed by atoms with Gasteiger partial charge in [0.2, 0.25) is 5.69 Å². The molecule has 6 nitrogen and oxygen atoms in total. The molecule has 0 bridgehead atoms. The third-order valence-corrected chi connectivity index (χ3v) is 6.33. The van der Waals surface area contributed by atoms with E-state index in [1.165, 1.54) is 18.2 Å². The molecule has 0 saturated heterocycles. The van der Waals surface area contributed by atoms with Crippen molar-refractivity contribution < 1.29 is 13.5 Å². The Hall–Kier alpha value is -3.60. The number of aromatic amines is 1. The molecule has 1 aromatic heterocycles. The summed E-state index contributed by atoms with van der Waals surface area (Å²) in [4.78, 5) is 19.0. The molecule has 0 aliphatic rings. The smallest absolute Gasteiger partial charge is 0.260 e. The number of H-pyrrole nitrogens is 1. The quantitative estimate of drug-likeness (QED) is 0.421. The van der Waals surface area contributed by atoms with Crippen molar-refractivity contribution in [1.29, 1.82) is 0 Å². The van der Waals surface area contributed by atoms with Crippen molar-refractivity contribution in [3.05, 3.63) is 87.5 Å². The lowest BCUT2D eigenvalue weighted by atomic mass is 9.98.